The highest BCUT2D eigenvalue weighted by Gasteiger charge is 2.19. The van der Waals surface area contributed by atoms with Crippen LogP contribution >= 0.6 is 0 Å². The molecule has 1 aromatic carbocycles. The predicted molar refractivity (Wildman–Crippen MR) is 158 cm³/mol. The summed E-state index contributed by atoms with van der Waals surface area (Å²) >= 11 is 0. The van der Waals surface area contributed by atoms with Gasteiger partial charge in [0.15, 0.2) is 0 Å². The van der Waals surface area contributed by atoms with Gasteiger partial charge in [0, 0.05) is 24.5 Å². The molecule has 2 saturated carbocycles. The lowest BCUT2D eigenvalue weighted by atomic mass is 9.91. The fraction of sp³-hybridized carbons (Fsp3) is 0.758. The first-order chi connectivity index (χ1) is 18.4. The highest BCUT2D eigenvalue weighted by molar-refractivity contribution is 5.77. The second-order valence-electron chi connectivity index (χ2n) is 12.1. The summed E-state index contributed by atoms with van der Waals surface area (Å²) in [5.41, 5.74) is 1.39. The van der Waals surface area contributed by atoms with E-state index in [9.17, 15) is 9.59 Å². The first-order valence-electron chi connectivity index (χ1n) is 15.7. The number of carboxylic acid groups (broad SMARTS) is 1. The minimum absolute atomic E-state index is 0.00338. The largest absolute Gasteiger partial charge is 0.481 e. The Hall–Kier alpha value is -1.88. The van der Waals surface area contributed by atoms with E-state index in [4.69, 9.17) is 5.11 Å². The average molecular weight is 529 g/mol. The van der Waals surface area contributed by atoms with Crippen molar-refractivity contribution in [3.05, 3.63) is 35.9 Å². The Morgan fingerprint density at radius 2 is 1.37 bits per heavy atom. The molecule has 2 aliphatic rings. The number of carboxylic acids is 1. The first-order valence-corrected chi connectivity index (χ1v) is 15.7. The minimum atomic E-state index is -0.857. The molecule has 5 nitrogen and oxygen atoms in total. The number of unbranched alkanes of at least 4 members (excludes halogenated alkanes) is 4. The van der Waals surface area contributed by atoms with Gasteiger partial charge in [-0.25, -0.2) is 0 Å². The van der Waals surface area contributed by atoms with Gasteiger partial charge in [0.25, 0.3) is 0 Å². The molecule has 1 atom stereocenters. The Morgan fingerprint density at radius 3 is 1.92 bits per heavy atom. The van der Waals surface area contributed by atoms with Crippen molar-refractivity contribution >= 4 is 11.9 Å². The van der Waals surface area contributed by atoms with E-state index in [1.165, 1.54) is 82.6 Å². The maximum absolute atomic E-state index is 12.0. The fourth-order valence-corrected chi connectivity index (χ4v) is 5.93. The number of nitrogens with one attached hydrogen (secondary N) is 2. The summed E-state index contributed by atoms with van der Waals surface area (Å²) in [6.45, 7) is 4.08. The molecular formula is C33H56N2O3. The Balaban J connectivity index is 0.000000323. The minimum Gasteiger partial charge on any atom is -0.481 e. The average Bonchev–Trinajstić information content (AvgIpc) is 2.89. The number of aryl methyl sites for hydroxylation is 1. The maximum Gasteiger partial charge on any atom is 0.305 e. The van der Waals surface area contributed by atoms with Crippen molar-refractivity contribution in [3.8, 4) is 0 Å². The van der Waals surface area contributed by atoms with Crippen LogP contribution in [0.3, 0.4) is 0 Å². The van der Waals surface area contributed by atoms with Crippen LogP contribution in [-0.4, -0.2) is 35.1 Å². The molecule has 0 aromatic heterocycles. The zero-order chi connectivity index (χ0) is 27.4. The van der Waals surface area contributed by atoms with E-state index < -0.39 is 5.97 Å². The molecule has 1 aromatic rings. The van der Waals surface area contributed by atoms with E-state index in [-0.39, 0.29) is 18.4 Å². The third-order valence-electron chi connectivity index (χ3n) is 7.94. The Morgan fingerprint density at radius 1 is 0.816 bits per heavy atom. The molecule has 1 amide bonds. The van der Waals surface area contributed by atoms with Crippen LogP contribution < -0.4 is 10.6 Å². The van der Waals surface area contributed by atoms with E-state index >= 15 is 0 Å². The monoisotopic (exact) mass is 528 g/mol. The lowest BCUT2D eigenvalue weighted by Crippen LogP contribution is -2.40. The second-order valence-corrected chi connectivity index (χ2v) is 12.1. The summed E-state index contributed by atoms with van der Waals surface area (Å²) in [6.07, 6.45) is 22.3. The van der Waals surface area contributed by atoms with Gasteiger partial charge in [-0.05, 0) is 62.8 Å². The molecule has 2 fully saturated rings. The normalized spacial score (nSPS) is 17.4. The molecule has 0 saturated heterocycles. The van der Waals surface area contributed by atoms with Crippen molar-refractivity contribution in [2.45, 2.75) is 154 Å². The van der Waals surface area contributed by atoms with E-state index in [1.54, 1.807) is 0 Å². The van der Waals surface area contributed by atoms with Gasteiger partial charge in [-0.1, -0.05) is 102 Å². The molecule has 216 valence electrons. The number of carbonyl (C=O) groups excluding carboxylic acids is 1. The molecule has 0 aliphatic heterocycles. The summed E-state index contributed by atoms with van der Waals surface area (Å²) in [5, 5.41) is 15.7. The molecule has 0 heterocycles. The Kier molecular flexibility index (Phi) is 17.1. The third-order valence-corrected chi connectivity index (χ3v) is 7.94. The molecule has 0 radical (unpaired) electrons. The quantitative estimate of drug-likeness (QED) is 0.203. The lowest BCUT2D eigenvalue weighted by molar-refractivity contribution is -0.137. The molecule has 2 aliphatic carbocycles. The SMILES string of the molecule is C1CCC(NC2CCCCC2)CC1.CC(C)CC(CC(=O)O)NC(=O)CCCCCCCc1ccccc1. The smallest absolute Gasteiger partial charge is 0.305 e. The van der Waals surface area contributed by atoms with Gasteiger partial charge in [-0.15, -0.1) is 0 Å². The number of hydrogen-bond acceptors (Lipinski definition) is 3. The third kappa shape index (κ3) is 16.2. The van der Waals surface area contributed by atoms with Gasteiger partial charge in [-0.2, -0.15) is 0 Å². The van der Waals surface area contributed by atoms with Gasteiger partial charge in [0.2, 0.25) is 5.91 Å². The van der Waals surface area contributed by atoms with Gasteiger partial charge >= 0.3 is 5.97 Å². The number of hydrogen-bond donors (Lipinski definition) is 3. The standard InChI is InChI=1S/C21H33NO3.C12H23N/c1-17(2)15-19(16-21(24)25)22-20(23)14-10-5-3-4-7-11-18-12-8-6-9-13-18;1-3-7-11(8-4-1)13-12-9-5-2-6-10-12/h6,8-9,12-13,17,19H,3-5,7,10-11,14-16H2,1-2H3,(H,22,23)(H,24,25);11-13H,1-10H2. The molecule has 38 heavy (non-hydrogen) atoms. The number of aliphatic carboxylic acids is 1. The van der Waals surface area contributed by atoms with Gasteiger partial charge in [-0.3, -0.25) is 9.59 Å². The number of benzene rings is 1. The summed E-state index contributed by atoms with van der Waals surface area (Å²) in [7, 11) is 0. The van der Waals surface area contributed by atoms with E-state index in [1.807, 2.05) is 19.9 Å². The van der Waals surface area contributed by atoms with Crippen LogP contribution in [0.15, 0.2) is 30.3 Å². The molecule has 3 N–H and O–H groups in total. The Labute approximate surface area is 232 Å². The number of amides is 1. The van der Waals surface area contributed by atoms with Crippen LogP contribution in [0.2, 0.25) is 0 Å². The van der Waals surface area contributed by atoms with Gasteiger partial charge in [0.1, 0.15) is 0 Å². The number of rotatable bonds is 15. The maximum atomic E-state index is 12.0. The van der Waals surface area contributed by atoms with Crippen LogP contribution in [0, 0.1) is 5.92 Å². The van der Waals surface area contributed by atoms with Crippen molar-refractivity contribution < 1.29 is 14.7 Å². The zero-order valence-corrected chi connectivity index (χ0v) is 24.4. The summed E-state index contributed by atoms with van der Waals surface area (Å²) in [6, 6.07) is 12.0. The van der Waals surface area contributed by atoms with Crippen LogP contribution in [0.1, 0.15) is 135 Å². The molecule has 3 rings (SSSR count). The van der Waals surface area contributed by atoms with Crippen molar-refractivity contribution in [2.24, 2.45) is 5.92 Å². The summed E-state index contributed by atoms with van der Waals surface area (Å²) < 4.78 is 0. The highest BCUT2D eigenvalue weighted by Crippen LogP contribution is 2.22. The predicted octanol–water partition coefficient (Wildman–Crippen LogP) is 7.82. The van der Waals surface area contributed by atoms with Crippen molar-refractivity contribution in [1.29, 1.82) is 0 Å². The molecule has 5 heteroatoms. The summed E-state index contributed by atoms with van der Waals surface area (Å²) in [4.78, 5) is 22.9. The van der Waals surface area contributed by atoms with E-state index in [0.29, 0.717) is 18.8 Å². The first kappa shape index (κ1) is 32.3. The lowest BCUT2D eigenvalue weighted by Gasteiger charge is -2.30. The van der Waals surface area contributed by atoms with Crippen molar-refractivity contribution in [1.82, 2.24) is 10.6 Å². The number of carbonyl (C=O) groups is 2. The van der Waals surface area contributed by atoms with Gasteiger partial charge < -0.3 is 15.7 Å². The van der Waals surface area contributed by atoms with E-state index in [2.05, 4.69) is 34.9 Å². The van der Waals surface area contributed by atoms with Crippen LogP contribution in [0.5, 0.6) is 0 Å². The summed E-state index contributed by atoms with van der Waals surface area (Å²) in [5.74, 6) is -0.505. The van der Waals surface area contributed by atoms with Crippen molar-refractivity contribution in [2.75, 3.05) is 0 Å². The zero-order valence-electron chi connectivity index (χ0n) is 24.4. The molecular weight excluding hydrogens is 472 g/mol. The topological polar surface area (TPSA) is 78.4 Å². The molecule has 1 unspecified atom stereocenters. The molecule has 0 spiro atoms. The van der Waals surface area contributed by atoms with Crippen LogP contribution in [0.4, 0.5) is 0 Å². The van der Waals surface area contributed by atoms with Crippen LogP contribution in [0.25, 0.3) is 0 Å². The molecule has 0 bridgehead atoms. The highest BCUT2D eigenvalue weighted by atomic mass is 16.4. The second kappa shape index (κ2) is 20.1. The van der Waals surface area contributed by atoms with Crippen LogP contribution in [-0.2, 0) is 16.0 Å². The van der Waals surface area contributed by atoms with Gasteiger partial charge in [0.05, 0.1) is 6.42 Å². The van der Waals surface area contributed by atoms with E-state index in [0.717, 1.165) is 37.8 Å². The van der Waals surface area contributed by atoms with Crippen molar-refractivity contribution in [3.63, 3.8) is 0 Å². The Bertz CT molecular complexity index is 724. The fourth-order valence-electron chi connectivity index (χ4n) is 5.93.